The van der Waals surface area contributed by atoms with Gasteiger partial charge < -0.3 is 24.0 Å². The predicted octanol–water partition coefficient (Wildman–Crippen LogP) is 4.54. The predicted molar refractivity (Wildman–Crippen MR) is 150 cm³/mol. The summed E-state index contributed by atoms with van der Waals surface area (Å²) in [6.45, 7) is 4.21. The number of ether oxygens (including phenoxy) is 1. The number of imidazole rings is 1. The minimum absolute atomic E-state index is 0.0691. The molecule has 4 aromatic heterocycles. The van der Waals surface area contributed by atoms with Crippen LogP contribution >= 0.6 is 0 Å². The van der Waals surface area contributed by atoms with E-state index in [-0.39, 0.29) is 17.3 Å². The second-order valence-electron chi connectivity index (χ2n) is 9.48. The average molecular weight is 599 g/mol. The quantitative estimate of drug-likeness (QED) is 0.147. The molecule has 5 rings (SSSR count). The first-order valence-corrected chi connectivity index (χ1v) is 13.5. The van der Waals surface area contributed by atoms with Gasteiger partial charge in [0.2, 0.25) is 5.82 Å². The van der Waals surface area contributed by atoms with Crippen molar-refractivity contribution in [3.05, 3.63) is 60.6 Å². The van der Waals surface area contributed by atoms with Crippen LogP contribution in [-0.2, 0) is 29.6 Å². The smallest absolute Gasteiger partial charge is 0.490 e. The minimum Gasteiger partial charge on any atom is -0.490 e. The summed E-state index contributed by atoms with van der Waals surface area (Å²) in [5.74, 6) is -2.15. The van der Waals surface area contributed by atoms with Crippen LogP contribution in [0, 0.1) is 0 Å². The number of anilines is 1. The van der Waals surface area contributed by atoms with Crippen LogP contribution in [0.3, 0.4) is 0 Å². The lowest BCUT2D eigenvalue weighted by molar-refractivity contribution is -0.196. The van der Waals surface area contributed by atoms with E-state index >= 15 is 0 Å². The van der Waals surface area contributed by atoms with Gasteiger partial charge in [0.1, 0.15) is 11.0 Å². The number of carbonyl (C=O) groups excluding carboxylic acids is 1. The summed E-state index contributed by atoms with van der Waals surface area (Å²) < 4.78 is 52.7. The Labute approximate surface area is 243 Å². The second-order valence-corrected chi connectivity index (χ2v) is 9.48. The van der Waals surface area contributed by atoms with Gasteiger partial charge in [-0.3, -0.25) is 0 Å². The maximum Gasteiger partial charge on any atom is 0.493 e. The fraction of sp³-hybridized carbons (Fsp3) is 0.321. The number of benzene rings is 1. The van der Waals surface area contributed by atoms with Gasteiger partial charge in [-0.1, -0.05) is 30.3 Å². The highest BCUT2D eigenvalue weighted by Gasteiger charge is 2.42. The van der Waals surface area contributed by atoms with Gasteiger partial charge in [0.05, 0.1) is 18.5 Å². The van der Waals surface area contributed by atoms with E-state index in [2.05, 4.69) is 36.1 Å². The first-order valence-electron chi connectivity index (χ1n) is 13.5. The molecule has 0 bridgehead atoms. The summed E-state index contributed by atoms with van der Waals surface area (Å²) in [6.07, 6.45) is 0.0785. The summed E-state index contributed by atoms with van der Waals surface area (Å²) in [4.78, 5) is 24.7. The fourth-order valence-corrected chi connectivity index (χ4v) is 4.55. The molecule has 12 nitrogen and oxygen atoms in total. The van der Waals surface area contributed by atoms with Crippen molar-refractivity contribution in [1.29, 1.82) is 0 Å². The van der Waals surface area contributed by atoms with Crippen molar-refractivity contribution in [3.8, 4) is 28.5 Å². The highest BCUT2D eigenvalue weighted by atomic mass is 19.4. The Balaban J connectivity index is 1.39. The van der Waals surface area contributed by atoms with Crippen molar-refractivity contribution in [3.63, 3.8) is 0 Å². The molecule has 0 aliphatic heterocycles. The van der Waals surface area contributed by atoms with Gasteiger partial charge in [-0.15, -0.1) is 0 Å². The number of aryl methyl sites for hydroxylation is 2. The molecule has 0 aliphatic carbocycles. The third kappa shape index (κ3) is 6.61. The lowest BCUT2D eigenvalue weighted by atomic mass is 10.1. The maximum atomic E-state index is 12.7. The van der Waals surface area contributed by atoms with Crippen LogP contribution in [0.2, 0.25) is 0 Å². The fourth-order valence-electron chi connectivity index (χ4n) is 4.55. The first kappa shape index (κ1) is 29.6. The van der Waals surface area contributed by atoms with Gasteiger partial charge in [-0.2, -0.15) is 18.7 Å². The number of nitrogens with one attached hydrogen (secondary N) is 2. The Morgan fingerprint density at radius 3 is 2.60 bits per heavy atom. The van der Waals surface area contributed by atoms with E-state index in [1.165, 1.54) is 5.69 Å². The molecule has 0 spiro atoms. The monoisotopic (exact) mass is 598 g/mol. The molecule has 15 heteroatoms. The Bertz CT molecular complexity index is 1680. The summed E-state index contributed by atoms with van der Waals surface area (Å²) >= 11 is 0. The SMILES string of the molecule is CCn1c(-c2nonc2NOC(=O)C(F)(F)F)nc2c(-c3ccccc3)ncc(OCCCNCCc3cccn3C)c21. The van der Waals surface area contributed by atoms with E-state index in [1.807, 2.05) is 62.0 Å². The molecule has 5 aromatic rings. The van der Waals surface area contributed by atoms with Crippen molar-refractivity contribution < 1.29 is 32.2 Å². The molecule has 0 aliphatic rings. The Hall–Kier alpha value is -4.92. The van der Waals surface area contributed by atoms with Crippen molar-refractivity contribution in [1.82, 2.24) is 34.7 Å². The minimum atomic E-state index is -5.21. The van der Waals surface area contributed by atoms with Gasteiger partial charge in [-0.05, 0) is 42.3 Å². The number of rotatable bonds is 13. The third-order valence-electron chi connectivity index (χ3n) is 6.64. The van der Waals surface area contributed by atoms with Crippen LogP contribution in [0.4, 0.5) is 19.0 Å². The third-order valence-corrected chi connectivity index (χ3v) is 6.64. The van der Waals surface area contributed by atoms with E-state index in [1.54, 1.807) is 10.8 Å². The van der Waals surface area contributed by atoms with E-state index in [4.69, 9.17) is 14.3 Å². The van der Waals surface area contributed by atoms with Crippen LogP contribution in [0.1, 0.15) is 19.0 Å². The van der Waals surface area contributed by atoms with E-state index in [0.717, 1.165) is 31.5 Å². The second kappa shape index (κ2) is 12.9. The molecule has 1 aromatic carbocycles. The van der Waals surface area contributed by atoms with E-state index < -0.39 is 12.1 Å². The average Bonchev–Trinajstić information content (AvgIpc) is 3.73. The first-order chi connectivity index (χ1) is 20.8. The van der Waals surface area contributed by atoms with Crippen molar-refractivity contribution >= 4 is 22.8 Å². The number of fused-ring (bicyclic) bond motifs is 1. The Morgan fingerprint density at radius 1 is 1.07 bits per heavy atom. The summed E-state index contributed by atoms with van der Waals surface area (Å²) in [5.41, 5.74) is 5.49. The molecule has 43 heavy (non-hydrogen) atoms. The highest BCUT2D eigenvalue weighted by molar-refractivity contribution is 5.96. The molecule has 0 atom stereocenters. The number of halogens is 3. The zero-order valence-corrected chi connectivity index (χ0v) is 23.4. The number of aromatic nitrogens is 6. The molecule has 4 heterocycles. The Morgan fingerprint density at radius 2 is 1.88 bits per heavy atom. The lowest BCUT2D eigenvalue weighted by Crippen LogP contribution is -2.27. The molecule has 0 fully saturated rings. The molecule has 0 saturated carbocycles. The van der Waals surface area contributed by atoms with Crippen LogP contribution in [0.5, 0.6) is 5.75 Å². The zero-order valence-electron chi connectivity index (χ0n) is 23.4. The highest BCUT2D eigenvalue weighted by Crippen LogP contribution is 2.37. The van der Waals surface area contributed by atoms with Crippen LogP contribution in [-0.4, -0.2) is 61.3 Å². The van der Waals surface area contributed by atoms with Gasteiger partial charge in [0.15, 0.2) is 17.3 Å². The molecular formula is C28H29F3N8O4. The number of nitrogens with zero attached hydrogens (tertiary/aromatic N) is 6. The normalized spacial score (nSPS) is 11.7. The number of alkyl halides is 3. The van der Waals surface area contributed by atoms with Crippen LogP contribution < -0.4 is 15.5 Å². The van der Waals surface area contributed by atoms with Crippen molar-refractivity contribution in [2.45, 2.75) is 32.5 Å². The topological polar surface area (TPSA) is 134 Å². The standard InChI is InChI=1S/C28H29F3N8O4/c1-3-39-24-20(41-16-8-13-32-14-12-19-11-7-15-38(19)2)17-33-21(18-9-5-4-6-10-18)22(24)34-26(39)23-25(37-43-35-23)36-42-27(40)28(29,30)31/h4-7,9-11,15,17,32H,3,8,12-14,16H2,1-2H3,(H,36,37). The molecule has 226 valence electrons. The van der Waals surface area contributed by atoms with Gasteiger partial charge in [-0.25, -0.2) is 19.4 Å². The zero-order chi connectivity index (χ0) is 30.4. The number of hydrogen-bond donors (Lipinski definition) is 2. The lowest BCUT2D eigenvalue weighted by Gasteiger charge is -2.12. The molecule has 0 radical (unpaired) electrons. The van der Waals surface area contributed by atoms with Gasteiger partial charge in [0, 0.05) is 44.0 Å². The maximum absolute atomic E-state index is 12.7. The van der Waals surface area contributed by atoms with E-state index in [9.17, 15) is 18.0 Å². The molecule has 0 amide bonds. The number of hydrogen-bond acceptors (Lipinski definition) is 10. The van der Waals surface area contributed by atoms with Crippen LogP contribution in [0.15, 0.2) is 59.5 Å². The van der Waals surface area contributed by atoms with Crippen molar-refractivity contribution in [2.24, 2.45) is 7.05 Å². The van der Waals surface area contributed by atoms with Crippen molar-refractivity contribution in [2.75, 3.05) is 25.2 Å². The Kier molecular flexibility index (Phi) is 8.90. The summed E-state index contributed by atoms with van der Waals surface area (Å²) in [7, 11) is 2.02. The molecule has 2 N–H and O–H groups in total. The summed E-state index contributed by atoms with van der Waals surface area (Å²) in [6, 6.07) is 13.5. The van der Waals surface area contributed by atoms with Gasteiger partial charge >= 0.3 is 12.1 Å². The van der Waals surface area contributed by atoms with Crippen LogP contribution in [0.25, 0.3) is 33.8 Å². The molecule has 0 unspecified atom stereocenters. The summed E-state index contributed by atoms with van der Waals surface area (Å²) in [5, 5.41) is 10.8. The number of carbonyl (C=O) groups is 1. The molecule has 0 saturated heterocycles. The largest absolute Gasteiger partial charge is 0.493 e. The molecular weight excluding hydrogens is 569 g/mol. The number of pyridine rings is 1. The van der Waals surface area contributed by atoms with Gasteiger partial charge in [0.25, 0.3) is 0 Å². The van der Waals surface area contributed by atoms with E-state index in [0.29, 0.717) is 35.6 Å².